The van der Waals surface area contributed by atoms with Crippen LogP contribution in [0.1, 0.15) is 44.2 Å². The third-order valence-electron chi connectivity index (χ3n) is 3.91. The molecule has 19 heavy (non-hydrogen) atoms. The molecular formula is C15H21FN2S. The fourth-order valence-electron chi connectivity index (χ4n) is 3.00. The molecule has 4 heteroatoms. The highest BCUT2D eigenvalue weighted by Crippen LogP contribution is 2.30. The quantitative estimate of drug-likeness (QED) is 0.857. The second kappa shape index (κ2) is 6.44. The van der Waals surface area contributed by atoms with Gasteiger partial charge in [-0.2, -0.15) is 0 Å². The highest BCUT2D eigenvalue weighted by atomic mass is 32.1. The van der Waals surface area contributed by atoms with E-state index in [1.165, 1.54) is 18.9 Å². The molecular weight excluding hydrogens is 259 g/mol. The number of rotatable bonds is 4. The first-order chi connectivity index (χ1) is 9.13. The van der Waals surface area contributed by atoms with Crippen LogP contribution in [0.15, 0.2) is 24.3 Å². The van der Waals surface area contributed by atoms with Crippen molar-refractivity contribution < 1.29 is 4.39 Å². The average Bonchev–Trinajstić information content (AvgIpc) is 2.39. The second-order valence-corrected chi connectivity index (χ2v) is 5.63. The lowest BCUT2D eigenvalue weighted by Gasteiger charge is -2.40. The smallest absolute Gasteiger partial charge is 0.123 e. The van der Waals surface area contributed by atoms with Gasteiger partial charge in [0.1, 0.15) is 5.82 Å². The van der Waals surface area contributed by atoms with Gasteiger partial charge < -0.3 is 5.73 Å². The Kier molecular flexibility index (Phi) is 4.88. The normalized spacial score (nSPS) is 22.1. The number of nitrogens with two attached hydrogens (primary N) is 1. The van der Waals surface area contributed by atoms with Crippen LogP contribution in [0.25, 0.3) is 0 Å². The van der Waals surface area contributed by atoms with Gasteiger partial charge in [-0.15, -0.1) is 0 Å². The number of thiocarbonyl (C=S) groups is 1. The summed E-state index contributed by atoms with van der Waals surface area (Å²) in [7, 11) is 0. The molecule has 0 aromatic heterocycles. The minimum Gasteiger partial charge on any atom is -0.392 e. The molecule has 1 saturated heterocycles. The summed E-state index contributed by atoms with van der Waals surface area (Å²) in [6.07, 6.45) is 4.66. The van der Waals surface area contributed by atoms with Gasteiger partial charge in [0.05, 0.1) is 11.0 Å². The van der Waals surface area contributed by atoms with Crippen molar-refractivity contribution in [3.8, 4) is 0 Å². The number of likely N-dealkylation sites (tertiary alicyclic amines) is 1. The monoisotopic (exact) mass is 280 g/mol. The number of piperidine rings is 1. The lowest BCUT2D eigenvalue weighted by molar-refractivity contribution is 0.122. The van der Waals surface area contributed by atoms with Crippen molar-refractivity contribution in [2.75, 3.05) is 6.54 Å². The topological polar surface area (TPSA) is 29.3 Å². The summed E-state index contributed by atoms with van der Waals surface area (Å²) in [5.74, 6) is -0.233. The molecule has 2 unspecified atom stereocenters. The highest BCUT2D eigenvalue weighted by Gasteiger charge is 2.30. The summed E-state index contributed by atoms with van der Waals surface area (Å²) in [6, 6.07) is 6.98. The van der Waals surface area contributed by atoms with Crippen molar-refractivity contribution in [2.45, 2.75) is 44.7 Å². The van der Waals surface area contributed by atoms with Crippen LogP contribution in [-0.4, -0.2) is 22.5 Å². The first kappa shape index (κ1) is 14.4. The van der Waals surface area contributed by atoms with Crippen molar-refractivity contribution in [3.63, 3.8) is 0 Å². The lowest BCUT2D eigenvalue weighted by Crippen LogP contribution is -2.46. The minimum absolute atomic E-state index is 0.143. The van der Waals surface area contributed by atoms with Crippen LogP contribution in [0, 0.1) is 5.82 Å². The largest absolute Gasteiger partial charge is 0.392 e. The Morgan fingerprint density at radius 2 is 2.32 bits per heavy atom. The van der Waals surface area contributed by atoms with Crippen LogP contribution in [0.3, 0.4) is 0 Å². The molecule has 1 aromatic carbocycles. The number of nitrogens with zero attached hydrogens (tertiary/aromatic N) is 1. The molecule has 1 aliphatic rings. The number of hydrogen-bond acceptors (Lipinski definition) is 2. The first-order valence-electron chi connectivity index (χ1n) is 6.94. The van der Waals surface area contributed by atoms with E-state index in [-0.39, 0.29) is 11.9 Å². The van der Waals surface area contributed by atoms with Crippen LogP contribution < -0.4 is 5.73 Å². The summed E-state index contributed by atoms with van der Waals surface area (Å²) < 4.78 is 13.4. The van der Waals surface area contributed by atoms with E-state index in [1.54, 1.807) is 12.1 Å². The fraction of sp³-hybridized carbons (Fsp3) is 0.533. The van der Waals surface area contributed by atoms with Crippen molar-refractivity contribution in [2.24, 2.45) is 5.73 Å². The molecule has 0 amide bonds. The summed E-state index contributed by atoms with van der Waals surface area (Å²) in [4.78, 5) is 2.78. The number of benzene rings is 1. The van der Waals surface area contributed by atoms with Crippen molar-refractivity contribution >= 4 is 17.2 Å². The molecule has 2 rings (SSSR count). The molecule has 2 atom stereocenters. The molecule has 2 nitrogen and oxygen atoms in total. The van der Waals surface area contributed by atoms with Crippen molar-refractivity contribution in [3.05, 3.63) is 35.6 Å². The molecule has 0 saturated carbocycles. The van der Waals surface area contributed by atoms with E-state index in [1.807, 2.05) is 6.07 Å². The standard InChI is InChI=1S/C15H21FN2S/c1-2-13-8-3-4-9-18(13)14(15(17)19)11-6-5-7-12(16)10-11/h5-7,10,13-14H,2-4,8-9H2,1H3,(H2,17,19). The Hall–Kier alpha value is -1.00. The molecule has 2 N–H and O–H groups in total. The zero-order valence-corrected chi connectivity index (χ0v) is 12.1. The van der Waals surface area contributed by atoms with Crippen molar-refractivity contribution in [1.82, 2.24) is 4.90 Å². The van der Waals surface area contributed by atoms with E-state index in [2.05, 4.69) is 11.8 Å². The van der Waals surface area contributed by atoms with Crippen LogP contribution in [0.4, 0.5) is 4.39 Å². The zero-order chi connectivity index (χ0) is 13.8. The van der Waals surface area contributed by atoms with E-state index >= 15 is 0 Å². The Labute approximate surface area is 119 Å². The summed E-state index contributed by atoms with van der Waals surface area (Å²) >= 11 is 5.24. The molecule has 1 fully saturated rings. The van der Waals surface area contributed by atoms with Gasteiger partial charge in [0, 0.05) is 6.04 Å². The van der Waals surface area contributed by atoms with Crippen LogP contribution >= 0.6 is 12.2 Å². The average molecular weight is 280 g/mol. The van der Waals surface area contributed by atoms with E-state index in [9.17, 15) is 4.39 Å². The van der Waals surface area contributed by atoms with Gasteiger partial charge in [-0.3, -0.25) is 4.90 Å². The molecule has 1 heterocycles. The Bertz CT molecular complexity index is 450. The number of halogens is 1. The maximum Gasteiger partial charge on any atom is 0.123 e. The van der Waals surface area contributed by atoms with Gasteiger partial charge in [0.15, 0.2) is 0 Å². The van der Waals surface area contributed by atoms with E-state index in [0.717, 1.165) is 24.9 Å². The summed E-state index contributed by atoms with van der Waals surface area (Å²) in [5, 5.41) is 0. The van der Waals surface area contributed by atoms with Crippen molar-refractivity contribution in [1.29, 1.82) is 0 Å². The van der Waals surface area contributed by atoms with Gasteiger partial charge in [0.25, 0.3) is 0 Å². The van der Waals surface area contributed by atoms with E-state index in [4.69, 9.17) is 18.0 Å². The molecule has 104 valence electrons. The zero-order valence-electron chi connectivity index (χ0n) is 11.3. The van der Waals surface area contributed by atoms with Crippen LogP contribution in [0.2, 0.25) is 0 Å². The molecule has 0 radical (unpaired) electrons. The summed E-state index contributed by atoms with van der Waals surface area (Å²) in [6.45, 7) is 3.17. The van der Waals surface area contributed by atoms with E-state index in [0.29, 0.717) is 11.0 Å². The predicted octanol–water partition coefficient (Wildman–Crippen LogP) is 3.42. The van der Waals surface area contributed by atoms with Gasteiger partial charge in [-0.25, -0.2) is 4.39 Å². The molecule has 1 aliphatic heterocycles. The van der Waals surface area contributed by atoms with Gasteiger partial charge in [-0.1, -0.05) is 37.7 Å². The second-order valence-electron chi connectivity index (χ2n) is 5.16. The fourth-order valence-corrected chi connectivity index (χ4v) is 3.27. The van der Waals surface area contributed by atoms with Gasteiger partial charge in [-0.05, 0) is 43.5 Å². The Morgan fingerprint density at radius 1 is 1.53 bits per heavy atom. The lowest BCUT2D eigenvalue weighted by atomic mass is 9.95. The number of hydrogen-bond donors (Lipinski definition) is 1. The summed E-state index contributed by atoms with van der Waals surface area (Å²) in [5.41, 5.74) is 6.80. The van der Waals surface area contributed by atoms with E-state index < -0.39 is 0 Å². The SMILES string of the molecule is CCC1CCCCN1C(C(N)=S)c1cccc(F)c1. The first-order valence-corrected chi connectivity index (χ1v) is 7.34. The highest BCUT2D eigenvalue weighted by molar-refractivity contribution is 7.80. The Morgan fingerprint density at radius 3 is 2.95 bits per heavy atom. The van der Waals surface area contributed by atoms with Crippen LogP contribution in [-0.2, 0) is 0 Å². The molecule has 0 spiro atoms. The third kappa shape index (κ3) is 3.31. The third-order valence-corrected chi connectivity index (χ3v) is 4.13. The molecule has 0 aliphatic carbocycles. The predicted molar refractivity (Wildman–Crippen MR) is 80.6 cm³/mol. The minimum atomic E-state index is -0.233. The maximum atomic E-state index is 13.4. The molecule has 1 aromatic rings. The van der Waals surface area contributed by atoms with Gasteiger partial charge >= 0.3 is 0 Å². The van der Waals surface area contributed by atoms with Gasteiger partial charge in [0.2, 0.25) is 0 Å². The maximum absolute atomic E-state index is 13.4. The Balaban J connectivity index is 2.31. The van der Waals surface area contributed by atoms with Crippen LogP contribution in [0.5, 0.6) is 0 Å². The molecule has 0 bridgehead atoms.